The molecule has 1 fully saturated rings. The van der Waals surface area contributed by atoms with Gasteiger partial charge in [0, 0.05) is 34.3 Å². The molecule has 0 aliphatic carbocycles. The van der Waals surface area contributed by atoms with Gasteiger partial charge in [0.05, 0.1) is 16.7 Å². The number of pyridine rings is 1. The molecule has 0 radical (unpaired) electrons. The van der Waals surface area contributed by atoms with Crippen LogP contribution in [0.1, 0.15) is 5.69 Å². The molecule has 0 atom stereocenters. The second-order valence-electron chi connectivity index (χ2n) is 6.69. The number of benzene rings is 1. The van der Waals surface area contributed by atoms with Crippen LogP contribution in [0.3, 0.4) is 0 Å². The predicted molar refractivity (Wildman–Crippen MR) is 114 cm³/mol. The highest BCUT2D eigenvalue weighted by Gasteiger charge is 2.29. The van der Waals surface area contributed by atoms with Gasteiger partial charge in [0.2, 0.25) is 5.91 Å². The summed E-state index contributed by atoms with van der Waals surface area (Å²) in [6.07, 6.45) is 5.43. The van der Waals surface area contributed by atoms with Crippen molar-refractivity contribution in [2.75, 3.05) is 18.4 Å². The summed E-state index contributed by atoms with van der Waals surface area (Å²) in [6, 6.07) is 7.65. The van der Waals surface area contributed by atoms with Crippen LogP contribution < -0.4 is 5.32 Å². The smallest absolute Gasteiger partial charge is 0.245 e. The van der Waals surface area contributed by atoms with Crippen LogP contribution in [0, 0.1) is 5.92 Å². The topological polar surface area (TPSA) is 71.0 Å². The lowest BCUT2D eigenvalue weighted by Crippen LogP contribution is -2.50. The van der Waals surface area contributed by atoms with Crippen LogP contribution in [0.2, 0.25) is 5.02 Å². The van der Waals surface area contributed by atoms with Crippen LogP contribution >= 0.6 is 27.5 Å². The van der Waals surface area contributed by atoms with Gasteiger partial charge in [-0.3, -0.25) is 9.78 Å². The molecule has 3 heterocycles. The van der Waals surface area contributed by atoms with Gasteiger partial charge >= 0.3 is 0 Å². The van der Waals surface area contributed by atoms with E-state index < -0.39 is 0 Å². The summed E-state index contributed by atoms with van der Waals surface area (Å²) in [5, 5.41) is 4.82. The van der Waals surface area contributed by atoms with Gasteiger partial charge in [-0.25, -0.2) is 9.97 Å². The molecule has 4 rings (SSSR count). The van der Waals surface area contributed by atoms with Crippen LogP contribution in [-0.2, 0) is 11.2 Å². The maximum atomic E-state index is 11.6. The second kappa shape index (κ2) is 7.85. The first-order chi connectivity index (χ1) is 13.5. The number of carbonyl (C=O) groups excluding carboxylic acids is 1. The van der Waals surface area contributed by atoms with E-state index in [1.54, 1.807) is 11.1 Å². The van der Waals surface area contributed by atoms with E-state index in [2.05, 4.69) is 42.8 Å². The van der Waals surface area contributed by atoms with Gasteiger partial charge in [-0.1, -0.05) is 18.2 Å². The summed E-state index contributed by atoms with van der Waals surface area (Å²) in [4.78, 5) is 26.6. The SMILES string of the molecule is C=CC(=O)N1CC(Cc2cc3c(Nc4ccc(Br)c(Cl)c4)ncnc3cn2)C1. The molecule has 3 aromatic rings. The quantitative estimate of drug-likeness (QED) is 0.575. The van der Waals surface area contributed by atoms with E-state index in [-0.39, 0.29) is 5.91 Å². The minimum absolute atomic E-state index is 0.0178. The molecule has 1 saturated heterocycles. The van der Waals surface area contributed by atoms with Crippen LogP contribution in [0.15, 0.2) is 53.9 Å². The number of carbonyl (C=O) groups is 1. The van der Waals surface area contributed by atoms with E-state index in [9.17, 15) is 4.79 Å². The van der Waals surface area contributed by atoms with E-state index in [0.717, 1.165) is 46.3 Å². The van der Waals surface area contributed by atoms with Crippen molar-refractivity contribution < 1.29 is 4.79 Å². The molecule has 0 unspecified atom stereocenters. The minimum Gasteiger partial charge on any atom is -0.340 e. The van der Waals surface area contributed by atoms with E-state index in [1.165, 1.54) is 12.4 Å². The molecule has 0 saturated carbocycles. The largest absolute Gasteiger partial charge is 0.340 e. The first kappa shape index (κ1) is 18.8. The molecule has 1 N–H and O–H groups in total. The zero-order valence-electron chi connectivity index (χ0n) is 14.9. The lowest BCUT2D eigenvalue weighted by atomic mass is 9.94. The molecule has 1 amide bonds. The molecule has 1 aliphatic rings. The fourth-order valence-electron chi connectivity index (χ4n) is 3.23. The van der Waals surface area contributed by atoms with Crippen molar-refractivity contribution in [1.82, 2.24) is 19.9 Å². The van der Waals surface area contributed by atoms with Crippen LogP contribution in [-0.4, -0.2) is 38.8 Å². The zero-order valence-corrected chi connectivity index (χ0v) is 17.2. The first-order valence-corrected chi connectivity index (χ1v) is 9.93. The summed E-state index contributed by atoms with van der Waals surface area (Å²) in [5.41, 5.74) is 2.56. The maximum absolute atomic E-state index is 11.6. The monoisotopic (exact) mass is 457 g/mol. The average molecular weight is 459 g/mol. The molecule has 0 spiro atoms. The van der Waals surface area contributed by atoms with Gasteiger partial charge in [-0.05, 0) is 58.6 Å². The molecule has 1 aromatic carbocycles. The van der Waals surface area contributed by atoms with Crippen molar-refractivity contribution in [3.63, 3.8) is 0 Å². The van der Waals surface area contributed by atoms with Crippen molar-refractivity contribution in [2.45, 2.75) is 6.42 Å². The van der Waals surface area contributed by atoms with Crippen LogP contribution in [0.4, 0.5) is 11.5 Å². The van der Waals surface area contributed by atoms with E-state index >= 15 is 0 Å². The molecule has 2 aromatic heterocycles. The number of nitrogens with zero attached hydrogens (tertiary/aromatic N) is 4. The summed E-state index contributed by atoms with van der Waals surface area (Å²) in [7, 11) is 0. The molecular weight excluding hydrogens is 442 g/mol. The molecule has 142 valence electrons. The molecule has 8 heteroatoms. The Labute approximate surface area is 175 Å². The maximum Gasteiger partial charge on any atom is 0.245 e. The third-order valence-electron chi connectivity index (χ3n) is 4.70. The van der Waals surface area contributed by atoms with Gasteiger partial charge in [0.1, 0.15) is 12.1 Å². The second-order valence-corrected chi connectivity index (χ2v) is 7.95. The first-order valence-electron chi connectivity index (χ1n) is 8.76. The lowest BCUT2D eigenvalue weighted by molar-refractivity contribution is -0.132. The van der Waals surface area contributed by atoms with Crippen molar-refractivity contribution in [3.8, 4) is 0 Å². The van der Waals surface area contributed by atoms with Gasteiger partial charge in [0.25, 0.3) is 0 Å². The number of hydrogen-bond acceptors (Lipinski definition) is 5. The summed E-state index contributed by atoms with van der Waals surface area (Å²) >= 11 is 9.58. The van der Waals surface area contributed by atoms with Gasteiger partial charge in [-0.15, -0.1) is 0 Å². The molecular formula is C20H17BrClN5O. The van der Waals surface area contributed by atoms with Gasteiger partial charge < -0.3 is 10.2 Å². The Balaban J connectivity index is 1.55. The highest BCUT2D eigenvalue weighted by atomic mass is 79.9. The van der Waals surface area contributed by atoms with Gasteiger partial charge in [-0.2, -0.15) is 0 Å². The number of aromatic nitrogens is 3. The predicted octanol–water partition coefficient (Wildman–Crippen LogP) is 4.37. The number of anilines is 2. The van der Waals surface area contributed by atoms with E-state index in [1.807, 2.05) is 24.3 Å². The average Bonchev–Trinajstić information content (AvgIpc) is 2.67. The molecule has 28 heavy (non-hydrogen) atoms. The number of nitrogens with one attached hydrogen (secondary N) is 1. The number of rotatable bonds is 5. The fourth-order valence-corrected chi connectivity index (χ4v) is 3.66. The van der Waals surface area contributed by atoms with Crippen molar-refractivity contribution in [3.05, 3.63) is 64.6 Å². The normalized spacial score (nSPS) is 14.0. The van der Waals surface area contributed by atoms with Crippen LogP contribution in [0.5, 0.6) is 0 Å². The number of halogens is 2. The third-order valence-corrected chi connectivity index (χ3v) is 5.93. The number of hydrogen-bond donors (Lipinski definition) is 1. The molecule has 1 aliphatic heterocycles. The zero-order chi connectivity index (χ0) is 19.7. The van der Waals surface area contributed by atoms with Crippen molar-refractivity contribution in [2.24, 2.45) is 5.92 Å². The summed E-state index contributed by atoms with van der Waals surface area (Å²) in [6.45, 7) is 4.99. The number of amides is 1. The lowest BCUT2D eigenvalue weighted by Gasteiger charge is -2.38. The highest BCUT2D eigenvalue weighted by molar-refractivity contribution is 9.10. The van der Waals surface area contributed by atoms with E-state index in [4.69, 9.17) is 11.6 Å². The fraction of sp³-hybridized carbons (Fsp3) is 0.200. The van der Waals surface area contributed by atoms with Crippen molar-refractivity contribution >= 4 is 55.8 Å². The van der Waals surface area contributed by atoms with E-state index in [0.29, 0.717) is 16.8 Å². The van der Waals surface area contributed by atoms with Crippen LogP contribution in [0.25, 0.3) is 10.9 Å². The molecule has 6 nitrogen and oxygen atoms in total. The Morgan fingerprint density at radius 3 is 2.89 bits per heavy atom. The number of likely N-dealkylation sites (tertiary alicyclic amines) is 1. The Morgan fingerprint density at radius 2 is 2.14 bits per heavy atom. The minimum atomic E-state index is -0.0178. The Kier molecular flexibility index (Phi) is 5.28. The summed E-state index contributed by atoms with van der Waals surface area (Å²) in [5.74, 6) is 1.08. The van der Waals surface area contributed by atoms with Gasteiger partial charge in [0.15, 0.2) is 0 Å². The molecule has 0 bridgehead atoms. The number of fused-ring (bicyclic) bond motifs is 1. The van der Waals surface area contributed by atoms with Crippen molar-refractivity contribution in [1.29, 1.82) is 0 Å². The Hall–Kier alpha value is -2.51. The Bertz CT molecular complexity index is 1070. The summed E-state index contributed by atoms with van der Waals surface area (Å²) < 4.78 is 0.836. The third kappa shape index (κ3) is 3.86. The standard InChI is InChI=1S/C20H17BrClN5O/c1-2-19(28)27-9-12(10-27)5-14-6-15-18(8-23-14)24-11-25-20(15)26-13-3-4-16(21)17(22)7-13/h2-4,6-8,11-12H,1,5,9-10H2,(H,24,25,26). The Morgan fingerprint density at radius 1 is 1.32 bits per heavy atom. The highest BCUT2D eigenvalue weighted by Crippen LogP contribution is 2.29.